The molecule has 0 spiro atoms. The first-order valence-electron chi connectivity index (χ1n) is 6.13. The van der Waals surface area contributed by atoms with Crippen LogP contribution in [0.4, 0.5) is 5.69 Å². The van der Waals surface area contributed by atoms with Crippen LogP contribution in [-0.4, -0.2) is 45.2 Å². The van der Waals surface area contributed by atoms with E-state index < -0.39 is 0 Å². The number of anilines is 1. The molecule has 0 radical (unpaired) electrons. The second-order valence-electron chi connectivity index (χ2n) is 4.35. The Balaban J connectivity index is 2.71. The zero-order valence-corrected chi connectivity index (χ0v) is 11.6. The molecule has 1 N–H and O–H groups in total. The van der Waals surface area contributed by atoms with Gasteiger partial charge in [-0.05, 0) is 37.1 Å². The second-order valence-corrected chi connectivity index (χ2v) is 4.35. The van der Waals surface area contributed by atoms with E-state index in [9.17, 15) is 4.79 Å². The fourth-order valence-corrected chi connectivity index (χ4v) is 1.81. The van der Waals surface area contributed by atoms with Gasteiger partial charge in [0.15, 0.2) is 0 Å². The maximum absolute atomic E-state index is 12.2. The largest absolute Gasteiger partial charge is 0.388 e. The number of carbonyl (C=O) groups excluding carboxylic acids is 1. The molecule has 0 aliphatic heterocycles. The number of rotatable bonds is 6. The van der Waals surface area contributed by atoms with Crippen LogP contribution in [-0.2, 0) is 4.74 Å². The normalized spacial score (nSPS) is 10.2. The maximum Gasteiger partial charge on any atom is 0.253 e. The number of hydrogen-bond acceptors (Lipinski definition) is 3. The van der Waals surface area contributed by atoms with Crippen LogP contribution in [0.3, 0.4) is 0 Å². The van der Waals surface area contributed by atoms with Gasteiger partial charge in [-0.3, -0.25) is 4.79 Å². The maximum atomic E-state index is 12.2. The van der Waals surface area contributed by atoms with Crippen LogP contribution in [0.5, 0.6) is 0 Å². The Hall–Kier alpha value is -1.55. The lowest BCUT2D eigenvalue weighted by atomic mass is 10.1. The molecule has 0 saturated carbocycles. The van der Waals surface area contributed by atoms with Crippen molar-refractivity contribution < 1.29 is 9.53 Å². The summed E-state index contributed by atoms with van der Waals surface area (Å²) in [5, 5.41) is 3.06. The third kappa shape index (κ3) is 3.74. The summed E-state index contributed by atoms with van der Waals surface area (Å²) in [5.41, 5.74) is 2.77. The molecular formula is C14H22N2O2. The van der Waals surface area contributed by atoms with E-state index in [1.807, 2.05) is 39.2 Å². The van der Waals surface area contributed by atoms with Gasteiger partial charge < -0.3 is 15.0 Å². The van der Waals surface area contributed by atoms with E-state index in [2.05, 4.69) is 5.32 Å². The minimum atomic E-state index is 0.0613. The molecule has 0 aliphatic carbocycles. The molecule has 0 aliphatic rings. The zero-order valence-electron chi connectivity index (χ0n) is 11.6. The quantitative estimate of drug-likeness (QED) is 0.787. The van der Waals surface area contributed by atoms with E-state index in [0.29, 0.717) is 13.2 Å². The predicted octanol–water partition coefficient (Wildman–Crippen LogP) is 2.15. The highest BCUT2D eigenvalue weighted by molar-refractivity contribution is 5.95. The summed E-state index contributed by atoms with van der Waals surface area (Å²) in [7, 11) is 5.36. The van der Waals surface area contributed by atoms with Crippen LogP contribution in [0.2, 0.25) is 0 Å². The zero-order chi connectivity index (χ0) is 13.5. The van der Waals surface area contributed by atoms with Crippen molar-refractivity contribution >= 4 is 11.6 Å². The molecule has 0 fully saturated rings. The highest BCUT2D eigenvalue weighted by Gasteiger charge is 2.13. The number of amides is 1. The van der Waals surface area contributed by atoms with Gasteiger partial charge in [-0.15, -0.1) is 0 Å². The van der Waals surface area contributed by atoms with Crippen molar-refractivity contribution in [3.05, 3.63) is 29.3 Å². The van der Waals surface area contributed by atoms with Crippen molar-refractivity contribution in [3.8, 4) is 0 Å². The molecule has 0 saturated heterocycles. The van der Waals surface area contributed by atoms with Gasteiger partial charge in [-0.25, -0.2) is 0 Å². The summed E-state index contributed by atoms with van der Waals surface area (Å²) in [6.07, 6.45) is 0.854. The summed E-state index contributed by atoms with van der Waals surface area (Å²) in [4.78, 5) is 14.0. The van der Waals surface area contributed by atoms with E-state index in [-0.39, 0.29) is 5.91 Å². The van der Waals surface area contributed by atoms with E-state index in [1.165, 1.54) is 0 Å². The Labute approximate surface area is 109 Å². The van der Waals surface area contributed by atoms with Gasteiger partial charge in [-0.2, -0.15) is 0 Å². The van der Waals surface area contributed by atoms with Gasteiger partial charge in [0.05, 0.1) is 0 Å². The molecule has 0 bridgehead atoms. The summed E-state index contributed by atoms with van der Waals surface area (Å²) in [6.45, 7) is 3.34. The van der Waals surface area contributed by atoms with Gasteiger partial charge in [0.1, 0.15) is 0 Å². The van der Waals surface area contributed by atoms with Gasteiger partial charge in [0, 0.05) is 45.6 Å². The van der Waals surface area contributed by atoms with Crippen molar-refractivity contribution in [3.63, 3.8) is 0 Å². The van der Waals surface area contributed by atoms with Gasteiger partial charge in [0.25, 0.3) is 5.91 Å². The minimum Gasteiger partial charge on any atom is -0.388 e. The fourth-order valence-electron chi connectivity index (χ4n) is 1.81. The highest BCUT2D eigenvalue weighted by Crippen LogP contribution is 2.16. The number of nitrogens with one attached hydrogen (secondary N) is 1. The molecule has 0 atom stereocenters. The van der Waals surface area contributed by atoms with E-state index >= 15 is 0 Å². The number of nitrogens with zero attached hydrogens (tertiary/aromatic N) is 1. The van der Waals surface area contributed by atoms with E-state index in [1.54, 1.807) is 12.0 Å². The van der Waals surface area contributed by atoms with Crippen LogP contribution in [0.25, 0.3) is 0 Å². The number of benzene rings is 1. The van der Waals surface area contributed by atoms with E-state index in [0.717, 1.165) is 23.2 Å². The average Bonchev–Trinajstić information content (AvgIpc) is 2.38. The topological polar surface area (TPSA) is 41.6 Å². The SMILES string of the molecule is CNc1ccc(C(=O)N(C)CCCOC)c(C)c1. The predicted molar refractivity (Wildman–Crippen MR) is 74.2 cm³/mol. The van der Waals surface area contributed by atoms with Crippen LogP contribution in [0.1, 0.15) is 22.3 Å². The molecular weight excluding hydrogens is 228 g/mol. The average molecular weight is 250 g/mol. The lowest BCUT2D eigenvalue weighted by Crippen LogP contribution is -2.29. The number of ether oxygens (including phenoxy) is 1. The summed E-state index contributed by atoms with van der Waals surface area (Å²) < 4.78 is 4.99. The Morgan fingerprint density at radius 3 is 2.72 bits per heavy atom. The fraction of sp³-hybridized carbons (Fsp3) is 0.500. The Morgan fingerprint density at radius 2 is 2.17 bits per heavy atom. The van der Waals surface area contributed by atoms with Crippen molar-refractivity contribution in [2.24, 2.45) is 0 Å². The van der Waals surface area contributed by atoms with Crippen molar-refractivity contribution in [2.75, 3.05) is 39.7 Å². The van der Waals surface area contributed by atoms with Gasteiger partial charge >= 0.3 is 0 Å². The van der Waals surface area contributed by atoms with Crippen LogP contribution < -0.4 is 5.32 Å². The molecule has 1 aromatic carbocycles. The van der Waals surface area contributed by atoms with Crippen LogP contribution in [0.15, 0.2) is 18.2 Å². The summed E-state index contributed by atoms with van der Waals surface area (Å²) in [6, 6.07) is 5.77. The molecule has 100 valence electrons. The molecule has 18 heavy (non-hydrogen) atoms. The summed E-state index contributed by atoms with van der Waals surface area (Å²) in [5.74, 6) is 0.0613. The smallest absolute Gasteiger partial charge is 0.253 e. The van der Waals surface area contributed by atoms with Crippen LogP contribution >= 0.6 is 0 Å². The highest BCUT2D eigenvalue weighted by atomic mass is 16.5. The Morgan fingerprint density at radius 1 is 1.44 bits per heavy atom. The first-order valence-corrected chi connectivity index (χ1v) is 6.13. The number of carbonyl (C=O) groups is 1. The third-order valence-corrected chi connectivity index (χ3v) is 2.93. The molecule has 4 nitrogen and oxygen atoms in total. The monoisotopic (exact) mass is 250 g/mol. The van der Waals surface area contributed by atoms with Crippen molar-refractivity contribution in [1.82, 2.24) is 4.90 Å². The number of aryl methyl sites for hydroxylation is 1. The first kappa shape index (κ1) is 14.5. The molecule has 0 aromatic heterocycles. The standard InChI is InChI=1S/C14H22N2O2/c1-11-10-12(15-2)6-7-13(11)14(17)16(3)8-5-9-18-4/h6-7,10,15H,5,8-9H2,1-4H3. The molecule has 4 heteroatoms. The minimum absolute atomic E-state index is 0.0613. The Kier molecular flexibility index (Phi) is 5.65. The number of methoxy groups -OCH3 is 1. The second kappa shape index (κ2) is 7.01. The molecule has 0 unspecified atom stereocenters. The number of hydrogen-bond donors (Lipinski definition) is 1. The molecule has 0 heterocycles. The third-order valence-electron chi connectivity index (χ3n) is 2.93. The lowest BCUT2D eigenvalue weighted by molar-refractivity contribution is 0.0778. The van der Waals surface area contributed by atoms with Crippen molar-refractivity contribution in [2.45, 2.75) is 13.3 Å². The first-order chi connectivity index (χ1) is 8.60. The van der Waals surface area contributed by atoms with Crippen molar-refractivity contribution in [1.29, 1.82) is 0 Å². The van der Waals surface area contributed by atoms with Crippen LogP contribution in [0, 0.1) is 6.92 Å². The van der Waals surface area contributed by atoms with Gasteiger partial charge in [0.2, 0.25) is 0 Å². The molecule has 1 amide bonds. The molecule has 1 rings (SSSR count). The molecule has 1 aromatic rings. The van der Waals surface area contributed by atoms with E-state index in [4.69, 9.17) is 4.74 Å². The summed E-state index contributed by atoms with van der Waals surface area (Å²) >= 11 is 0. The Bertz CT molecular complexity index is 405. The van der Waals surface area contributed by atoms with Gasteiger partial charge in [-0.1, -0.05) is 0 Å². The lowest BCUT2D eigenvalue weighted by Gasteiger charge is -2.18.